The zero-order chi connectivity index (χ0) is 11.3. The molecule has 0 aromatic carbocycles. The average Bonchev–Trinajstić information content (AvgIpc) is 2.27. The van der Waals surface area contributed by atoms with Gasteiger partial charge in [-0.15, -0.1) is 0 Å². The first kappa shape index (κ1) is 13.1. The smallest absolute Gasteiger partial charge is 0.0331 e. The van der Waals surface area contributed by atoms with Crippen molar-refractivity contribution in [3.8, 4) is 0 Å². The molecule has 0 heterocycles. The first-order valence-corrected chi connectivity index (χ1v) is 7.06. The van der Waals surface area contributed by atoms with Crippen molar-refractivity contribution in [1.82, 2.24) is 0 Å². The molecule has 0 aromatic heterocycles. The van der Waals surface area contributed by atoms with Gasteiger partial charge in [0.2, 0.25) is 0 Å². The molecule has 0 aliphatic heterocycles. The Balaban J connectivity index is 2.23. The maximum absolute atomic E-state index is 2.45. The molecule has 15 heavy (non-hydrogen) atoms. The third-order valence-electron chi connectivity index (χ3n) is 4.98. The van der Waals surface area contributed by atoms with E-state index < -0.39 is 0 Å². The molecule has 1 aliphatic carbocycles. The summed E-state index contributed by atoms with van der Waals surface area (Å²) >= 11 is 0. The van der Waals surface area contributed by atoms with Crippen molar-refractivity contribution in [2.45, 2.75) is 79.1 Å². The lowest BCUT2D eigenvalue weighted by Gasteiger charge is -2.32. The van der Waals surface area contributed by atoms with Crippen LogP contribution < -0.4 is 0 Å². The van der Waals surface area contributed by atoms with Crippen LogP contribution in [0.2, 0.25) is 0 Å². The van der Waals surface area contributed by atoms with Crippen molar-refractivity contribution in [2.24, 2.45) is 17.3 Å². The monoisotopic (exact) mass is 210 g/mol. The standard InChI is InChI=1S/C15H30/c1-5-15(3,4)13(2)11-12-14-9-7-6-8-10-14/h13-14H,5-12H2,1-4H3. The van der Waals surface area contributed by atoms with Crippen LogP contribution in [0, 0.1) is 17.3 Å². The lowest BCUT2D eigenvalue weighted by molar-refractivity contribution is 0.189. The molecular weight excluding hydrogens is 180 g/mol. The fraction of sp³-hybridized carbons (Fsp3) is 1.00. The quantitative estimate of drug-likeness (QED) is 0.568. The maximum atomic E-state index is 2.45. The van der Waals surface area contributed by atoms with Gasteiger partial charge in [0.05, 0.1) is 0 Å². The molecule has 1 saturated carbocycles. The van der Waals surface area contributed by atoms with Gasteiger partial charge in [0, 0.05) is 0 Å². The Morgan fingerprint density at radius 2 is 1.73 bits per heavy atom. The minimum Gasteiger partial charge on any atom is -0.0649 e. The Morgan fingerprint density at radius 3 is 2.27 bits per heavy atom. The number of hydrogen-bond donors (Lipinski definition) is 0. The molecule has 0 heteroatoms. The van der Waals surface area contributed by atoms with Crippen molar-refractivity contribution in [1.29, 1.82) is 0 Å². The maximum Gasteiger partial charge on any atom is -0.0331 e. The molecule has 1 aliphatic rings. The van der Waals surface area contributed by atoms with Gasteiger partial charge >= 0.3 is 0 Å². The van der Waals surface area contributed by atoms with E-state index in [1.54, 1.807) is 0 Å². The Bertz CT molecular complexity index is 163. The molecular formula is C15H30. The first-order chi connectivity index (χ1) is 7.06. The number of hydrogen-bond acceptors (Lipinski definition) is 0. The van der Waals surface area contributed by atoms with Crippen molar-refractivity contribution >= 4 is 0 Å². The molecule has 0 saturated heterocycles. The van der Waals surface area contributed by atoms with Gasteiger partial charge in [0.1, 0.15) is 0 Å². The fourth-order valence-corrected chi connectivity index (χ4v) is 2.70. The van der Waals surface area contributed by atoms with Crippen LogP contribution in [0.1, 0.15) is 79.1 Å². The highest BCUT2D eigenvalue weighted by Crippen LogP contribution is 2.36. The van der Waals surface area contributed by atoms with Gasteiger partial charge in [-0.3, -0.25) is 0 Å². The third-order valence-corrected chi connectivity index (χ3v) is 4.98. The molecule has 90 valence electrons. The second kappa shape index (κ2) is 5.92. The normalized spacial score (nSPS) is 21.6. The molecule has 0 N–H and O–H groups in total. The van der Waals surface area contributed by atoms with E-state index in [1.165, 1.54) is 51.4 Å². The van der Waals surface area contributed by atoms with Gasteiger partial charge < -0.3 is 0 Å². The summed E-state index contributed by atoms with van der Waals surface area (Å²) in [6, 6.07) is 0. The summed E-state index contributed by atoms with van der Waals surface area (Å²) in [6.45, 7) is 9.64. The van der Waals surface area contributed by atoms with E-state index in [1.807, 2.05) is 0 Å². The van der Waals surface area contributed by atoms with E-state index in [0.29, 0.717) is 5.41 Å². The Morgan fingerprint density at radius 1 is 1.13 bits per heavy atom. The summed E-state index contributed by atoms with van der Waals surface area (Å²) < 4.78 is 0. The van der Waals surface area contributed by atoms with E-state index in [4.69, 9.17) is 0 Å². The van der Waals surface area contributed by atoms with Crippen LogP contribution in [0.3, 0.4) is 0 Å². The van der Waals surface area contributed by atoms with Crippen molar-refractivity contribution in [2.75, 3.05) is 0 Å². The zero-order valence-corrected chi connectivity index (χ0v) is 11.3. The summed E-state index contributed by atoms with van der Waals surface area (Å²) in [6.07, 6.45) is 11.8. The second-order valence-corrected chi connectivity index (χ2v) is 6.32. The molecule has 1 atom stereocenters. The molecule has 0 spiro atoms. The molecule has 0 bridgehead atoms. The average molecular weight is 210 g/mol. The van der Waals surface area contributed by atoms with Gasteiger partial charge in [-0.1, -0.05) is 72.6 Å². The van der Waals surface area contributed by atoms with Crippen LogP contribution in [0.4, 0.5) is 0 Å². The Kier molecular flexibility index (Phi) is 5.15. The third kappa shape index (κ3) is 4.17. The number of rotatable bonds is 5. The summed E-state index contributed by atoms with van der Waals surface area (Å²) in [5.74, 6) is 1.96. The van der Waals surface area contributed by atoms with Crippen molar-refractivity contribution < 1.29 is 0 Å². The summed E-state index contributed by atoms with van der Waals surface area (Å²) in [7, 11) is 0. The Labute approximate surface area is 96.8 Å². The van der Waals surface area contributed by atoms with Crippen LogP contribution in [-0.2, 0) is 0 Å². The predicted molar refractivity (Wildman–Crippen MR) is 69.0 cm³/mol. The summed E-state index contributed by atoms with van der Waals surface area (Å²) in [5.41, 5.74) is 0.550. The van der Waals surface area contributed by atoms with Gasteiger partial charge in [0.15, 0.2) is 0 Å². The topological polar surface area (TPSA) is 0 Å². The summed E-state index contributed by atoms with van der Waals surface area (Å²) in [5, 5.41) is 0. The molecule has 1 fully saturated rings. The molecule has 0 amide bonds. The van der Waals surface area contributed by atoms with Crippen molar-refractivity contribution in [3.05, 3.63) is 0 Å². The van der Waals surface area contributed by atoms with Crippen LogP contribution in [0.15, 0.2) is 0 Å². The minimum absolute atomic E-state index is 0.550. The van der Waals surface area contributed by atoms with Gasteiger partial charge in [0.25, 0.3) is 0 Å². The fourth-order valence-electron chi connectivity index (χ4n) is 2.70. The van der Waals surface area contributed by atoms with Gasteiger partial charge in [-0.2, -0.15) is 0 Å². The van der Waals surface area contributed by atoms with Crippen LogP contribution in [0.25, 0.3) is 0 Å². The van der Waals surface area contributed by atoms with E-state index >= 15 is 0 Å². The zero-order valence-electron chi connectivity index (χ0n) is 11.3. The van der Waals surface area contributed by atoms with E-state index in [2.05, 4.69) is 27.7 Å². The van der Waals surface area contributed by atoms with Crippen LogP contribution >= 0.6 is 0 Å². The highest BCUT2D eigenvalue weighted by atomic mass is 14.3. The van der Waals surface area contributed by atoms with Crippen LogP contribution in [-0.4, -0.2) is 0 Å². The highest BCUT2D eigenvalue weighted by molar-refractivity contribution is 4.75. The van der Waals surface area contributed by atoms with E-state index in [-0.39, 0.29) is 0 Å². The molecule has 0 nitrogen and oxygen atoms in total. The van der Waals surface area contributed by atoms with Crippen LogP contribution in [0.5, 0.6) is 0 Å². The lowest BCUT2D eigenvalue weighted by Crippen LogP contribution is -2.21. The molecule has 0 aromatic rings. The van der Waals surface area contributed by atoms with Gasteiger partial charge in [-0.25, -0.2) is 0 Å². The second-order valence-electron chi connectivity index (χ2n) is 6.32. The molecule has 0 radical (unpaired) electrons. The molecule has 1 rings (SSSR count). The Hall–Kier alpha value is 0. The SMILES string of the molecule is CCC(C)(C)C(C)CCC1CCCCC1. The van der Waals surface area contributed by atoms with Gasteiger partial charge in [-0.05, 0) is 23.7 Å². The largest absolute Gasteiger partial charge is 0.0649 e. The highest BCUT2D eigenvalue weighted by Gasteiger charge is 2.24. The minimum atomic E-state index is 0.550. The first-order valence-electron chi connectivity index (χ1n) is 7.06. The molecule has 1 unspecified atom stereocenters. The lowest BCUT2D eigenvalue weighted by atomic mass is 9.73. The van der Waals surface area contributed by atoms with Crippen molar-refractivity contribution in [3.63, 3.8) is 0 Å². The summed E-state index contributed by atoms with van der Waals surface area (Å²) in [4.78, 5) is 0. The predicted octanol–water partition coefficient (Wildman–Crippen LogP) is 5.42. The van der Waals surface area contributed by atoms with E-state index in [0.717, 1.165) is 11.8 Å². The van der Waals surface area contributed by atoms with E-state index in [9.17, 15) is 0 Å².